The van der Waals surface area contributed by atoms with Crippen LogP contribution in [-0.4, -0.2) is 59.6 Å². The molecule has 28 heavy (non-hydrogen) atoms. The zero-order chi connectivity index (χ0) is 19.8. The Bertz CT molecular complexity index is 789. The van der Waals surface area contributed by atoms with E-state index in [2.05, 4.69) is 20.1 Å². The minimum absolute atomic E-state index is 0.0254. The lowest BCUT2D eigenvalue weighted by Gasteiger charge is -2.35. The first-order valence-electron chi connectivity index (χ1n) is 9.59. The Balaban J connectivity index is 1.40. The van der Waals surface area contributed by atoms with E-state index in [1.165, 1.54) is 0 Å². The number of benzene rings is 1. The van der Waals surface area contributed by atoms with Crippen molar-refractivity contribution in [2.45, 2.75) is 19.3 Å². The molecule has 1 aromatic carbocycles. The number of nitrogens with one attached hydrogen (secondary N) is 1. The number of carbonyl (C=O) groups is 2. The summed E-state index contributed by atoms with van der Waals surface area (Å²) in [5.74, 6) is 0.155. The topological polar surface area (TPSA) is 85.8 Å². The van der Waals surface area contributed by atoms with Crippen molar-refractivity contribution in [3.63, 3.8) is 0 Å². The molecule has 0 bridgehead atoms. The molecule has 2 N–H and O–H groups in total. The van der Waals surface area contributed by atoms with Crippen LogP contribution in [0.1, 0.15) is 18.4 Å². The van der Waals surface area contributed by atoms with Gasteiger partial charge in [0.2, 0.25) is 5.91 Å². The second-order valence-electron chi connectivity index (χ2n) is 6.91. The van der Waals surface area contributed by atoms with E-state index in [-0.39, 0.29) is 12.3 Å². The summed E-state index contributed by atoms with van der Waals surface area (Å²) in [6, 6.07) is 13.3. The maximum Gasteiger partial charge on any atom is 0.303 e. The molecule has 1 aliphatic heterocycles. The number of rotatable bonds is 8. The summed E-state index contributed by atoms with van der Waals surface area (Å²) in [7, 11) is 0. The quantitative estimate of drug-likeness (QED) is 0.728. The summed E-state index contributed by atoms with van der Waals surface area (Å²) in [5, 5.41) is 11.7. The number of carbonyl (C=O) groups excluding carboxylic acids is 1. The molecule has 1 amide bonds. The second kappa shape index (κ2) is 9.85. The van der Waals surface area contributed by atoms with Gasteiger partial charge in [0.05, 0.1) is 0 Å². The van der Waals surface area contributed by atoms with Gasteiger partial charge in [-0.3, -0.25) is 14.5 Å². The number of anilines is 2. The van der Waals surface area contributed by atoms with E-state index >= 15 is 0 Å². The Morgan fingerprint density at radius 2 is 1.86 bits per heavy atom. The van der Waals surface area contributed by atoms with E-state index in [1.807, 2.05) is 48.7 Å². The van der Waals surface area contributed by atoms with Gasteiger partial charge in [0, 0.05) is 57.4 Å². The molecule has 0 radical (unpaired) electrons. The van der Waals surface area contributed by atoms with Crippen molar-refractivity contribution in [1.29, 1.82) is 0 Å². The fourth-order valence-electron chi connectivity index (χ4n) is 3.28. The van der Waals surface area contributed by atoms with Crippen molar-refractivity contribution in [3.05, 3.63) is 54.2 Å². The molecule has 7 nitrogen and oxygen atoms in total. The maximum atomic E-state index is 12.3. The molecule has 0 unspecified atom stereocenters. The molecule has 7 heteroatoms. The molecule has 1 fully saturated rings. The van der Waals surface area contributed by atoms with Gasteiger partial charge >= 0.3 is 5.97 Å². The minimum Gasteiger partial charge on any atom is -0.481 e. The summed E-state index contributed by atoms with van der Waals surface area (Å²) in [4.78, 5) is 31.9. The van der Waals surface area contributed by atoms with Gasteiger partial charge in [-0.05, 0) is 36.2 Å². The van der Waals surface area contributed by atoms with Crippen LogP contribution in [0.5, 0.6) is 0 Å². The van der Waals surface area contributed by atoms with Gasteiger partial charge in [-0.2, -0.15) is 0 Å². The highest BCUT2D eigenvalue weighted by atomic mass is 16.4. The number of aryl methyl sites for hydroxylation is 1. The molecule has 0 spiro atoms. The van der Waals surface area contributed by atoms with E-state index in [0.29, 0.717) is 18.5 Å². The molecular formula is C21H26N4O3. The number of pyridine rings is 1. The van der Waals surface area contributed by atoms with Crippen LogP contribution in [0.3, 0.4) is 0 Å². The summed E-state index contributed by atoms with van der Waals surface area (Å²) in [6.45, 7) is 4.36. The van der Waals surface area contributed by atoms with Crippen molar-refractivity contribution in [3.8, 4) is 0 Å². The molecule has 1 aromatic heterocycles. The van der Waals surface area contributed by atoms with Crippen LogP contribution < -0.4 is 10.2 Å². The van der Waals surface area contributed by atoms with Crippen LogP contribution in [0.4, 0.5) is 11.5 Å². The second-order valence-corrected chi connectivity index (χ2v) is 6.91. The first-order chi connectivity index (χ1) is 13.6. The molecule has 0 aliphatic carbocycles. The van der Waals surface area contributed by atoms with Gasteiger partial charge in [-0.15, -0.1) is 0 Å². The van der Waals surface area contributed by atoms with E-state index in [1.54, 1.807) is 0 Å². The summed E-state index contributed by atoms with van der Waals surface area (Å²) < 4.78 is 0. The molecule has 0 atom stereocenters. The standard InChI is InChI=1S/C21H26N4O3/c26-20(23-18-5-3-4-17(16-18)7-8-21(27)28)9-11-24-12-14-25(15-13-24)19-6-1-2-10-22-19/h1-6,10,16H,7-9,11-15H2,(H,23,26)(H,27,28). The van der Waals surface area contributed by atoms with Gasteiger partial charge in [-0.25, -0.2) is 4.98 Å². The van der Waals surface area contributed by atoms with Crippen LogP contribution in [0, 0.1) is 0 Å². The fourth-order valence-corrected chi connectivity index (χ4v) is 3.28. The largest absolute Gasteiger partial charge is 0.481 e. The Kier molecular flexibility index (Phi) is 6.97. The van der Waals surface area contributed by atoms with Crippen LogP contribution in [-0.2, 0) is 16.0 Å². The minimum atomic E-state index is -0.822. The lowest BCUT2D eigenvalue weighted by molar-refractivity contribution is -0.137. The van der Waals surface area contributed by atoms with Gasteiger partial charge in [0.15, 0.2) is 0 Å². The van der Waals surface area contributed by atoms with Crippen LogP contribution in [0.15, 0.2) is 48.7 Å². The predicted octanol–water partition coefficient (Wildman–Crippen LogP) is 2.25. The highest BCUT2D eigenvalue weighted by Gasteiger charge is 2.18. The van der Waals surface area contributed by atoms with Gasteiger partial charge < -0.3 is 15.3 Å². The summed E-state index contributed by atoms with van der Waals surface area (Å²) in [5.41, 5.74) is 1.62. The lowest BCUT2D eigenvalue weighted by Crippen LogP contribution is -2.47. The highest BCUT2D eigenvalue weighted by molar-refractivity contribution is 5.90. The number of piperazine rings is 1. The van der Waals surface area contributed by atoms with Crippen LogP contribution >= 0.6 is 0 Å². The highest BCUT2D eigenvalue weighted by Crippen LogP contribution is 2.14. The first-order valence-corrected chi connectivity index (χ1v) is 9.59. The maximum absolute atomic E-state index is 12.3. The van der Waals surface area contributed by atoms with Gasteiger partial charge in [0.1, 0.15) is 5.82 Å². The number of amides is 1. The van der Waals surface area contributed by atoms with Gasteiger partial charge in [-0.1, -0.05) is 18.2 Å². The summed E-state index contributed by atoms with van der Waals surface area (Å²) >= 11 is 0. The summed E-state index contributed by atoms with van der Waals surface area (Å²) in [6.07, 6.45) is 2.78. The van der Waals surface area contributed by atoms with Crippen molar-refractivity contribution < 1.29 is 14.7 Å². The van der Waals surface area contributed by atoms with E-state index in [4.69, 9.17) is 5.11 Å². The van der Waals surface area contributed by atoms with Gasteiger partial charge in [0.25, 0.3) is 0 Å². The molecule has 3 rings (SSSR count). The number of nitrogens with zero attached hydrogens (tertiary/aromatic N) is 3. The number of hydrogen-bond donors (Lipinski definition) is 2. The van der Waals surface area contributed by atoms with Crippen molar-refractivity contribution in [1.82, 2.24) is 9.88 Å². The van der Waals surface area contributed by atoms with Crippen molar-refractivity contribution in [2.24, 2.45) is 0 Å². The number of aliphatic carboxylic acids is 1. The van der Waals surface area contributed by atoms with E-state index in [0.717, 1.165) is 44.1 Å². The third-order valence-electron chi connectivity index (χ3n) is 4.84. The smallest absolute Gasteiger partial charge is 0.303 e. The molecular weight excluding hydrogens is 356 g/mol. The average Bonchev–Trinajstić information content (AvgIpc) is 2.72. The zero-order valence-corrected chi connectivity index (χ0v) is 15.9. The molecule has 1 aliphatic rings. The molecule has 1 saturated heterocycles. The normalized spacial score (nSPS) is 14.6. The SMILES string of the molecule is O=C(O)CCc1cccc(NC(=O)CCN2CCN(c3ccccn3)CC2)c1. The molecule has 2 aromatic rings. The number of aromatic nitrogens is 1. The number of carboxylic acids is 1. The lowest BCUT2D eigenvalue weighted by atomic mass is 10.1. The monoisotopic (exact) mass is 382 g/mol. The van der Waals surface area contributed by atoms with Crippen molar-refractivity contribution in [2.75, 3.05) is 42.9 Å². The average molecular weight is 382 g/mol. The Morgan fingerprint density at radius 1 is 1.04 bits per heavy atom. The van der Waals surface area contributed by atoms with E-state index < -0.39 is 5.97 Å². The molecule has 2 heterocycles. The Labute approximate surface area is 165 Å². The third kappa shape index (κ3) is 6.06. The zero-order valence-electron chi connectivity index (χ0n) is 15.9. The number of hydrogen-bond acceptors (Lipinski definition) is 5. The van der Waals surface area contributed by atoms with Crippen molar-refractivity contribution >= 4 is 23.4 Å². The fraction of sp³-hybridized carbons (Fsp3) is 0.381. The Hall–Kier alpha value is -2.93. The first kappa shape index (κ1) is 19.8. The van der Waals surface area contributed by atoms with E-state index in [9.17, 15) is 9.59 Å². The molecule has 0 saturated carbocycles. The Morgan fingerprint density at radius 3 is 2.57 bits per heavy atom. The molecule has 148 valence electrons. The number of carboxylic acid groups (broad SMARTS) is 1. The van der Waals surface area contributed by atoms with Crippen LogP contribution in [0.25, 0.3) is 0 Å². The third-order valence-corrected chi connectivity index (χ3v) is 4.84. The predicted molar refractivity (Wildman–Crippen MR) is 109 cm³/mol. The van der Waals surface area contributed by atoms with Crippen LogP contribution in [0.2, 0.25) is 0 Å².